The van der Waals surface area contributed by atoms with Crippen molar-refractivity contribution in [2.75, 3.05) is 7.11 Å². The maximum atomic E-state index is 13.0. The maximum absolute atomic E-state index is 13.0. The van der Waals surface area contributed by atoms with Crippen molar-refractivity contribution in [3.05, 3.63) is 76.0 Å². The highest BCUT2D eigenvalue weighted by molar-refractivity contribution is 7.15. The Kier molecular flexibility index (Phi) is 4.28. The zero-order chi connectivity index (χ0) is 17.9. The molecule has 128 valence electrons. The Morgan fingerprint density at radius 2 is 1.96 bits per heavy atom. The largest absolute Gasteiger partial charge is 0.490 e. The maximum Gasteiger partial charge on any atom is 0.302 e. The quantitative estimate of drug-likeness (QED) is 0.557. The number of fused-ring (bicyclic) bond motifs is 1. The Balaban J connectivity index is 1.87. The second kappa shape index (κ2) is 6.89. The van der Waals surface area contributed by atoms with Crippen LogP contribution in [-0.4, -0.2) is 26.5 Å². The van der Waals surface area contributed by atoms with Gasteiger partial charge in [-0.3, -0.25) is 14.8 Å². The second-order valence-electron chi connectivity index (χ2n) is 5.43. The molecular formula is C19H14N4O2S. The molecule has 4 rings (SSSR count). The van der Waals surface area contributed by atoms with Gasteiger partial charge in [0.15, 0.2) is 4.96 Å². The molecule has 0 saturated heterocycles. The molecule has 7 heteroatoms. The van der Waals surface area contributed by atoms with Gasteiger partial charge in [-0.05, 0) is 29.8 Å². The molecule has 0 saturated carbocycles. The van der Waals surface area contributed by atoms with Crippen molar-refractivity contribution in [3.8, 4) is 17.0 Å². The lowest BCUT2D eigenvalue weighted by atomic mass is 10.2. The van der Waals surface area contributed by atoms with Crippen molar-refractivity contribution in [1.82, 2.24) is 19.4 Å². The molecule has 0 amide bonds. The van der Waals surface area contributed by atoms with E-state index >= 15 is 0 Å². The predicted molar refractivity (Wildman–Crippen MR) is 102 cm³/mol. The topological polar surface area (TPSA) is 69.4 Å². The van der Waals surface area contributed by atoms with Gasteiger partial charge in [0.25, 0.3) is 0 Å². The van der Waals surface area contributed by atoms with Crippen molar-refractivity contribution in [1.29, 1.82) is 0 Å². The van der Waals surface area contributed by atoms with Crippen molar-refractivity contribution in [3.63, 3.8) is 0 Å². The van der Waals surface area contributed by atoms with E-state index in [1.165, 1.54) is 18.4 Å². The summed E-state index contributed by atoms with van der Waals surface area (Å²) in [5, 5.41) is 1.91. The first kappa shape index (κ1) is 16.2. The third-order valence-corrected chi connectivity index (χ3v) is 4.68. The second-order valence-corrected chi connectivity index (χ2v) is 6.27. The van der Waals surface area contributed by atoms with E-state index in [-0.39, 0.29) is 11.3 Å². The lowest BCUT2D eigenvalue weighted by molar-refractivity contribution is 0.404. The monoisotopic (exact) mass is 362 g/mol. The fourth-order valence-electron chi connectivity index (χ4n) is 2.63. The van der Waals surface area contributed by atoms with Gasteiger partial charge in [0.05, 0.1) is 12.8 Å². The first-order chi connectivity index (χ1) is 12.8. The summed E-state index contributed by atoms with van der Waals surface area (Å²) >= 11 is 1.41. The summed E-state index contributed by atoms with van der Waals surface area (Å²) in [7, 11) is 1.48. The van der Waals surface area contributed by atoms with Crippen molar-refractivity contribution >= 4 is 28.4 Å². The van der Waals surface area contributed by atoms with Gasteiger partial charge in [-0.25, -0.2) is 9.38 Å². The van der Waals surface area contributed by atoms with E-state index in [4.69, 9.17) is 4.74 Å². The average Bonchev–Trinajstić information content (AvgIpc) is 3.12. The summed E-state index contributed by atoms with van der Waals surface area (Å²) in [6.07, 6.45) is 10.5. The third-order valence-electron chi connectivity index (χ3n) is 3.85. The van der Waals surface area contributed by atoms with E-state index in [1.807, 2.05) is 35.7 Å². The molecule has 0 radical (unpaired) electrons. The Hall–Kier alpha value is -3.32. The smallest absolute Gasteiger partial charge is 0.302 e. The number of hydrogen-bond donors (Lipinski definition) is 0. The predicted octanol–water partition coefficient (Wildman–Crippen LogP) is 3.39. The van der Waals surface area contributed by atoms with E-state index < -0.39 is 0 Å². The van der Waals surface area contributed by atoms with E-state index in [2.05, 4.69) is 15.0 Å². The van der Waals surface area contributed by atoms with Gasteiger partial charge in [0.2, 0.25) is 5.75 Å². The van der Waals surface area contributed by atoms with E-state index in [1.54, 1.807) is 35.3 Å². The molecule has 0 aromatic carbocycles. The summed E-state index contributed by atoms with van der Waals surface area (Å²) in [6.45, 7) is 0. The van der Waals surface area contributed by atoms with Crippen LogP contribution in [0.3, 0.4) is 0 Å². The first-order valence-electron chi connectivity index (χ1n) is 7.84. The number of nitrogens with zero attached hydrogens (tertiary/aromatic N) is 4. The highest BCUT2D eigenvalue weighted by Gasteiger charge is 2.16. The molecule has 4 aromatic rings. The minimum absolute atomic E-state index is 0.205. The van der Waals surface area contributed by atoms with Crippen molar-refractivity contribution < 1.29 is 4.74 Å². The molecule has 0 bridgehead atoms. The van der Waals surface area contributed by atoms with Gasteiger partial charge in [0.1, 0.15) is 5.69 Å². The lowest BCUT2D eigenvalue weighted by Gasteiger charge is -2.06. The summed E-state index contributed by atoms with van der Waals surface area (Å²) in [4.78, 5) is 26.3. The molecule has 4 aromatic heterocycles. The third kappa shape index (κ3) is 2.89. The Labute approximate surface area is 153 Å². The van der Waals surface area contributed by atoms with Gasteiger partial charge in [-0.2, -0.15) is 0 Å². The highest BCUT2D eigenvalue weighted by atomic mass is 32.1. The van der Waals surface area contributed by atoms with Crippen LogP contribution in [0.5, 0.6) is 5.75 Å². The number of pyridine rings is 2. The lowest BCUT2D eigenvalue weighted by Crippen LogP contribution is -2.18. The molecular weight excluding hydrogens is 348 g/mol. The minimum atomic E-state index is -0.239. The molecule has 0 fully saturated rings. The van der Waals surface area contributed by atoms with E-state index in [9.17, 15) is 4.79 Å². The molecule has 4 heterocycles. The molecule has 0 unspecified atom stereocenters. The molecule has 6 nitrogen and oxygen atoms in total. The Bertz CT molecular complexity index is 1130. The van der Waals surface area contributed by atoms with E-state index in [0.29, 0.717) is 10.7 Å². The standard InChI is InChI=1S/C19H14N4O2S/c1-25-17-15(5-4-13-3-2-8-21-11-13)22-19-23(18(17)24)16(12-26-19)14-6-9-20-10-7-14/h2-12H,1H3. The summed E-state index contributed by atoms with van der Waals surface area (Å²) in [5.74, 6) is 0.205. The number of thiazole rings is 1. The molecule has 0 N–H and O–H groups in total. The summed E-state index contributed by atoms with van der Waals surface area (Å²) in [5.41, 5.74) is 2.84. The summed E-state index contributed by atoms with van der Waals surface area (Å²) in [6, 6.07) is 7.49. The van der Waals surface area contributed by atoms with Crippen molar-refractivity contribution in [2.45, 2.75) is 0 Å². The van der Waals surface area contributed by atoms with Gasteiger partial charge in [-0.1, -0.05) is 12.1 Å². The van der Waals surface area contributed by atoms with Crippen LogP contribution in [0.1, 0.15) is 11.3 Å². The first-order valence-corrected chi connectivity index (χ1v) is 8.72. The number of methoxy groups -OCH3 is 1. The van der Waals surface area contributed by atoms with Crippen LogP contribution in [0.15, 0.2) is 59.2 Å². The van der Waals surface area contributed by atoms with Gasteiger partial charge in [-0.15, -0.1) is 11.3 Å². The molecule has 26 heavy (non-hydrogen) atoms. The van der Waals surface area contributed by atoms with Crippen LogP contribution in [0.25, 0.3) is 28.4 Å². The number of ether oxygens (including phenoxy) is 1. The Morgan fingerprint density at radius 3 is 2.69 bits per heavy atom. The van der Waals surface area contributed by atoms with Crippen LogP contribution < -0.4 is 10.3 Å². The SMILES string of the molecule is COc1c(C=Cc2cccnc2)nc2scc(-c3ccncc3)n2c1=O. The fourth-order valence-corrected chi connectivity index (χ4v) is 3.53. The molecule has 0 aliphatic heterocycles. The van der Waals surface area contributed by atoms with Gasteiger partial charge >= 0.3 is 5.56 Å². The highest BCUT2D eigenvalue weighted by Crippen LogP contribution is 2.26. The summed E-state index contributed by atoms with van der Waals surface area (Å²) < 4.78 is 6.93. The van der Waals surface area contributed by atoms with Crippen LogP contribution in [0, 0.1) is 0 Å². The van der Waals surface area contributed by atoms with E-state index in [0.717, 1.165) is 16.8 Å². The van der Waals surface area contributed by atoms with Crippen LogP contribution in [0.2, 0.25) is 0 Å². The molecule has 0 aliphatic carbocycles. The Morgan fingerprint density at radius 1 is 1.12 bits per heavy atom. The van der Waals surface area contributed by atoms with Crippen LogP contribution in [-0.2, 0) is 0 Å². The average molecular weight is 362 g/mol. The minimum Gasteiger partial charge on any atom is -0.490 e. The van der Waals surface area contributed by atoms with Gasteiger partial charge < -0.3 is 4.74 Å². The van der Waals surface area contributed by atoms with Crippen LogP contribution in [0.4, 0.5) is 0 Å². The van der Waals surface area contributed by atoms with Crippen LogP contribution >= 0.6 is 11.3 Å². The number of aromatic nitrogens is 4. The molecule has 0 aliphatic rings. The molecule has 0 spiro atoms. The van der Waals surface area contributed by atoms with Crippen molar-refractivity contribution in [2.24, 2.45) is 0 Å². The van der Waals surface area contributed by atoms with Gasteiger partial charge in [0, 0.05) is 35.7 Å². The number of rotatable bonds is 4. The zero-order valence-electron chi connectivity index (χ0n) is 13.9. The normalized spacial score (nSPS) is 11.3. The number of hydrogen-bond acceptors (Lipinski definition) is 6. The fraction of sp³-hybridized carbons (Fsp3) is 0.0526. The zero-order valence-corrected chi connectivity index (χ0v) is 14.7. The molecule has 0 atom stereocenters.